The SMILES string of the molecule is CCOC1=CC(=O)C(=Nc2c3ccccc3nc3ccccc23)C(Cl)C1=O. The van der Waals surface area contributed by atoms with Crippen molar-refractivity contribution in [1.29, 1.82) is 0 Å². The van der Waals surface area contributed by atoms with E-state index >= 15 is 0 Å². The number of fused-ring (bicyclic) bond motifs is 2. The summed E-state index contributed by atoms with van der Waals surface area (Å²) in [4.78, 5) is 34.2. The van der Waals surface area contributed by atoms with Crippen molar-refractivity contribution in [1.82, 2.24) is 4.98 Å². The van der Waals surface area contributed by atoms with E-state index in [0.717, 1.165) is 27.9 Å². The van der Waals surface area contributed by atoms with E-state index in [4.69, 9.17) is 16.3 Å². The second-order valence-corrected chi connectivity index (χ2v) is 6.46. The van der Waals surface area contributed by atoms with Gasteiger partial charge in [0.25, 0.3) is 0 Å². The van der Waals surface area contributed by atoms with Crippen molar-refractivity contribution in [2.45, 2.75) is 12.3 Å². The van der Waals surface area contributed by atoms with Crippen molar-refractivity contribution in [2.75, 3.05) is 6.61 Å². The van der Waals surface area contributed by atoms with Gasteiger partial charge < -0.3 is 4.74 Å². The summed E-state index contributed by atoms with van der Waals surface area (Å²) in [6, 6.07) is 15.1. The number of para-hydroxylation sites is 2. The molecular weight excluding hydrogens is 364 g/mol. The predicted octanol–water partition coefficient (Wildman–Crippen LogP) is 4.14. The van der Waals surface area contributed by atoms with Crippen LogP contribution in [-0.2, 0) is 14.3 Å². The Morgan fingerprint density at radius 2 is 1.63 bits per heavy atom. The third-order valence-electron chi connectivity index (χ3n) is 4.32. The number of ketones is 2. The second kappa shape index (κ2) is 6.93. The quantitative estimate of drug-likeness (QED) is 0.507. The molecule has 1 aliphatic rings. The van der Waals surface area contributed by atoms with Gasteiger partial charge in [-0.1, -0.05) is 36.4 Å². The Hall–Kier alpha value is -3.05. The lowest BCUT2D eigenvalue weighted by molar-refractivity contribution is -0.119. The summed E-state index contributed by atoms with van der Waals surface area (Å²) >= 11 is 6.27. The number of aromatic nitrogens is 1. The van der Waals surface area contributed by atoms with E-state index in [1.54, 1.807) is 6.92 Å². The largest absolute Gasteiger partial charge is 0.490 e. The van der Waals surface area contributed by atoms with Crippen molar-refractivity contribution in [3.63, 3.8) is 0 Å². The number of allylic oxidation sites excluding steroid dienone is 2. The molecule has 0 fully saturated rings. The summed E-state index contributed by atoms with van der Waals surface area (Å²) in [6.45, 7) is 2.02. The van der Waals surface area contributed by atoms with Gasteiger partial charge in [-0.25, -0.2) is 9.98 Å². The molecule has 2 aromatic carbocycles. The normalized spacial score (nSPS) is 19.0. The van der Waals surface area contributed by atoms with E-state index in [0.29, 0.717) is 5.69 Å². The first-order valence-electron chi connectivity index (χ1n) is 8.53. The molecule has 5 nitrogen and oxygen atoms in total. The third kappa shape index (κ3) is 3.00. The highest BCUT2D eigenvalue weighted by Crippen LogP contribution is 2.34. The molecule has 1 unspecified atom stereocenters. The fourth-order valence-corrected chi connectivity index (χ4v) is 3.34. The maximum Gasteiger partial charge on any atom is 0.221 e. The standard InChI is InChI=1S/C21H15ClN2O3/c1-2-27-17-11-16(25)20(18(22)21(17)26)24-19-12-7-3-5-9-14(12)23-15-10-6-4-8-13(15)19/h3-11,18H,2H2,1H3. The Morgan fingerprint density at radius 3 is 2.22 bits per heavy atom. The van der Waals surface area contributed by atoms with Crippen molar-refractivity contribution < 1.29 is 14.3 Å². The van der Waals surface area contributed by atoms with Crippen LogP contribution < -0.4 is 0 Å². The van der Waals surface area contributed by atoms with Crippen LogP contribution in [-0.4, -0.2) is 34.2 Å². The molecule has 0 amide bonds. The molecule has 1 atom stereocenters. The van der Waals surface area contributed by atoms with Crippen LogP contribution in [0.1, 0.15) is 6.92 Å². The zero-order valence-corrected chi connectivity index (χ0v) is 15.2. The van der Waals surface area contributed by atoms with Crippen LogP contribution >= 0.6 is 11.6 Å². The Kier molecular flexibility index (Phi) is 4.46. The van der Waals surface area contributed by atoms with Crippen molar-refractivity contribution in [2.24, 2.45) is 4.99 Å². The Labute approximate surface area is 160 Å². The number of halogens is 1. The molecule has 0 aliphatic heterocycles. The molecule has 0 saturated carbocycles. The predicted molar refractivity (Wildman–Crippen MR) is 106 cm³/mol. The van der Waals surface area contributed by atoms with Gasteiger partial charge >= 0.3 is 0 Å². The van der Waals surface area contributed by atoms with Gasteiger partial charge in [0.15, 0.2) is 5.76 Å². The monoisotopic (exact) mass is 378 g/mol. The topological polar surface area (TPSA) is 68.6 Å². The maximum absolute atomic E-state index is 12.6. The van der Waals surface area contributed by atoms with E-state index in [9.17, 15) is 9.59 Å². The summed E-state index contributed by atoms with van der Waals surface area (Å²) in [5.74, 6) is -0.909. The minimum Gasteiger partial charge on any atom is -0.490 e. The highest BCUT2D eigenvalue weighted by atomic mass is 35.5. The number of ether oxygens (including phenoxy) is 1. The second-order valence-electron chi connectivity index (χ2n) is 6.02. The summed E-state index contributed by atoms with van der Waals surface area (Å²) in [6.07, 6.45) is 1.16. The molecule has 0 saturated heterocycles. The van der Waals surface area contributed by atoms with Gasteiger partial charge in [0.05, 0.1) is 23.3 Å². The first-order chi connectivity index (χ1) is 13.1. The summed E-state index contributed by atoms with van der Waals surface area (Å²) < 4.78 is 5.22. The highest BCUT2D eigenvalue weighted by molar-refractivity contribution is 6.63. The number of rotatable bonds is 3. The van der Waals surface area contributed by atoms with Gasteiger partial charge in [0.2, 0.25) is 11.6 Å². The zero-order valence-electron chi connectivity index (χ0n) is 14.5. The number of alkyl halides is 1. The molecule has 3 aromatic rings. The lowest BCUT2D eigenvalue weighted by Gasteiger charge is -2.18. The molecule has 27 heavy (non-hydrogen) atoms. The molecule has 1 aromatic heterocycles. The first kappa shape index (κ1) is 17.4. The van der Waals surface area contributed by atoms with Gasteiger partial charge in [-0.05, 0) is 19.1 Å². The van der Waals surface area contributed by atoms with Crippen molar-refractivity contribution in [3.05, 3.63) is 60.4 Å². The van der Waals surface area contributed by atoms with E-state index < -0.39 is 16.9 Å². The van der Waals surface area contributed by atoms with E-state index in [1.807, 2.05) is 48.5 Å². The lowest BCUT2D eigenvalue weighted by Crippen LogP contribution is -2.36. The number of carbonyl (C=O) groups is 2. The average Bonchev–Trinajstić information content (AvgIpc) is 2.68. The van der Waals surface area contributed by atoms with Crippen molar-refractivity contribution >= 4 is 56.4 Å². The van der Waals surface area contributed by atoms with Gasteiger partial charge in [0.1, 0.15) is 11.1 Å². The van der Waals surface area contributed by atoms with Gasteiger partial charge in [-0.3, -0.25) is 9.59 Å². The van der Waals surface area contributed by atoms with Gasteiger partial charge in [-0.15, -0.1) is 11.6 Å². The molecule has 4 rings (SSSR count). The van der Waals surface area contributed by atoms with E-state index in [2.05, 4.69) is 9.98 Å². The van der Waals surface area contributed by atoms with Crippen LogP contribution in [0, 0.1) is 0 Å². The number of pyridine rings is 1. The Morgan fingerprint density at radius 1 is 1.04 bits per heavy atom. The molecule has 0 bridgehead atoms. The van der Waals surface area contributed by atoms with Crippen LogP contribution in [0.25, 0.3) is 21.8 Å². The van der Waals surface area contributed by atoms with Crippen LogP contribution in [0.15, 0.2) is 65.4 Å². The fourth-order valence-electron chi connectivity index (χ4n) is 3.08. The summed E-state index contributed by atoms with van der Waals surface area (Å²) in [5, 5.41) is 0.384. The van der Waals surface area contributed by atoms with E-state index in [1.165, 1.54) is 0 Å². The molecule has 0 spiro atoms. The minimum absolute atomic E-state index is 0.00775. The summed E-state index contributed by atoms with van der Waals surface area (Å²) in [7, 11) is 0. The summed E-state index contributed by atoms with van der Waals surface area (Å²) in [5.41, 5.74) is 2.07. The van der Waals surface area contributed by atoms with E-state index in [-0.39, 0.29) is 18.1 Å². The van der Waals surface area contributed by atoms with Crippen LogP contribution in [0.3, 0.4) is 0 Å². The number of aliphatic imine (C=N–C) groups is 1. The molecule has 134 valence electrons. The van der Waals surface area contributed by atoms with Gasteiger partial charge in [0, 0.05) is 16.8 Å². The van der Waals surface area contributed by atoms with Crippen LogP contribution in [0.2, 0.25) is 0 Å². The maximum atomic E-state index is 12.6. The smallest absolute Gasteiger partial charge is 0.221 e. The molecule has 6 heteroatoms. The number of Topliss-reactive ketones (excluding diaryl/α,β-unsaturated/α-hetero) is 1. The zero-order chi connectivity index (χ0) is 19.0. The molecule has 0 N–H and O–H groups in total. The number of hydrogen-bond acceptors (Lipinski definition) is 5. The fraction of sp³-hybridized carbons (Fsp3) is 0.143. The number of benzene rings is 2. The molecule has 0 radical (unpaired) electrons. The number of carbonyl (C=O) groups excluding carboxylic acids is 2. The Bertz CT molecular complexity index is 1100. The Balaban J connectivity index is 1.97. The molecule has 1 heterocycles. The molecule has 1 aliphatic carbocycles. The van der Waals surface area contributed by atoms with Crippen LogP contribution in [0.5, 0.6) is 0 Å². The van der Waals surface area contributed by atoms with Crippen molar-refractivity contribution in [3.8, 4) is 0 Å². The first-order valence-corrected chi connectivity index (χ1v) is 8.97. The molecular formula is C21H15ClN2O3. The highest BCUT2D eigenvalue weighted by Gasteiger charge is 2.35. The number of hydrogen-bond donors (Lipinski definition) is 0. The third-order valence-corrected chi connectivity index (χ3v) is 4.72. The minimum atomic E-state index is -1.19. The van der Waals surface area contributed by atoms with Crippen LogP contribution in [0.4, 0.5) is 5.69 Å². The van der Waals surface area contributed by atoms with Gasteiger partial charge in [-0.2, -0.15) is 0 Å². The number of nitrogens with zero attached hydrogens (tertiary/aromatic N) is 2. The lowest BCUT2D eigenvalue weighted by atomic mass is 9.99. The average molecular weight is 379 g/mol.